The Bertz CT molecular complexity index is 88.9. The minimum Gasteiger partial charge on any atom is -0.393 e. The van der Waals surface area contributed by atoms with Gasteiger partial charge in [0, 0.05) is 0 Å². The van der Waals surface area contributed by atoms with Crippen molar-refractivity contribution in [2.45, 2.75) is 45.6 Å². The summed E-state index contributed by atoms with van der Waals surface area (Å²) in [7, 11) is 0. The van der Waals surface area contributed by atoms with Gasteiger partial charge in [-0.05, 0) is 24.7 Å². The van der Waals surface area contributed by atoms with Crippen molar-refractivity contribution >= 4 is 0 Å². The summed E-state index contributed by atoms with van der Waals surface area (Å²) in [4.78, 5) is 0. The van der Waals surface area contributed by atoms with E-state index in [4.69, 9.17) is 0 Å². The lowest BCUT2D eigenvalue weighted by atomic mass is 9.97. The van der Waals surface area contributed by atoms with E-state index in [1.807, 2.05) is 0 Å². The average molecular weight is 142 g/mol. The average Bonchev–Trinajstić information content (AvgIpc) is 2.30. The van der Waals surface area contributed by atoms with E-state index in [2.05, 4.69) is 13.8 Å². The molecule has 1 aliphatic carbocycles. The van der Waals surface area contributed by atoms with Crippen molar-refractivity contribution in [3.63, 3.8) is 0 Å². The lowest BCUT2D eigenvalue weighted by Gasteiger charge is -2.16. The quantitative estimate of drug-likeness (QED) is 0.626. The van der Waals surface area contributed by atoms with Crippen molar-refractivity contribution in [2.24, 2.45) is 11.8 Å². The summed E-state index contributed by atoms with van der Waals surface area (Å²) in [5.41, 5.74) is 0. The molecule has 1 fully saturated rings. The summed E-state index contributed by atoms with van der Waals surface area (Å²) in [5, 5.41) is 9.65. The van der Waals surface area contributed by atoms with E-state index in [1.165, 1.54) is 12.8 Å². The van der Waals surface area contributed by atoms with Gasteiger partial charge < -0.3 is 5.11 Å². The van der Waals surface area contributed by atoms with E-state index in [9.17, 15) is 5.11 Å². The van der Waals surface area contributed by atoms with E-state index >= 15 is 0 Å². The zero-order valence-corrected chi connectivity index (χ0v) is 7.01. The fourth-order valence-electron chi connectivity index (χ4n) is 2.05. The highest BCUT2D eigenvalue weighted by atomic mass is 16.3. The molecule has 10 heavy (non-hydrogen) atoms. The molecular weight excluding hydrogens is 124 g/mol. The van der Waals surface area contributed by atoms with Crippen LogP contribution in [0.3, 0.4) is 0 Å². The molecule has 0 saturated heterocycles. The molecule has 0 bridgehead atoms. The number of rotatable bonds is 2. The predicted molar refractivity (Wildman–Crippen MR) is 42.8 cm³/mol. The third kappa shape index (κ3) is 1.34. The molecule has 2 unspecified atom stereocenters. The van der Waals surface area contributed by atoms with Crippen LogP contribution in [0.5, 0.6) is 0 Å². The van der Waals surface area contributed by atoms with E-state index in [1.54, 1.807) is 0 Å². The van der Waals surface area contributed by atoms with Gasteiger partial charge in [-0.1, -0.05) is 26.7 Å². The molecule has 0 radical (unpaired) electrons. The molecule has 0 aromatic rings. The van der Waals surface area contributed by atoms with Crippen LogP contribution in [-0.4, -0.2) is 11.2 Å². The molecule has 1 nitrogen and oxygen atoms in total. The van der Waals surface area contributed by atoms with Crippen LogP contribution in [0, 0.1) is 11.8 Å². The molecule has 1 saturated carbocycles. The second kappa shape index (κ2) is 3.38. The highest BCUT2D eigenvalue weighted by Gasteiger charge is 2.31. The first kappa shape index (κ1) is 8.06. The van der Waals surface area contributed by atoms with Crippen LogP contribution in [0.1, 0.15) is 39.5 Å². The molecule has 1 rings (SSSR count). The van der Waals surface area contributed by atoms with E-state index in [0.717, 1.165) is 12.8 Å². The normalized spacial score (nSPS) is 40.5. The molecule has 0 heterocycles. The molecule has 0 aromatic carbocycles. The fourth-order valence-corrected chi connectivity index (χ4v) is 2.05. The second-order valence-electron chi connectivity index (χ2n) is 3.40. The zero-order chi connectivity index (χ0) is 7.56. The Morgan fingerprint density at radius 1 is 1.10 bits per heavy atom. The maximum Gasteiger partial charge on any atom is 0.0596 e. The van der Waals surface area contributed by atoms with Gasteiger partial charge in [0.1, 0.15) is 0 Å². The SMILES string of the molecule is CCC1CCC(CC)C1O. The molecule has 1 aliphatic rings. The van der Waals surface area contributed by atoms with Crippen molar-refractivity contribution in [3.8, 4) is 0 Å². The maximum absolute atomic E-state index is 9.65. The molecule has 1 heteroatoms. The number of hydrogen-bond donors (Lipinski definition) is 1. The first-order chi connectivity index (χ1) is 4.79. The molecule has 2 atom stereocenters. The van der Waals surface area contributed by atoms with Crippen LogP contribution in [0.4, 0.5) is 0 Å². The van der Waals surface area contributed by atoms with Gasteiger partial charge in [0.05, 0.1) is 6.10 Å². The van der Waals surface area contributed by atoms with E-state index in [-0.39, 0.29) is 6.10 Å². The standard InChI is InChI=1S/C9H18O/c1-3-7-5-6-8(4-2)9(7)10/h7-10H,3-6H2,1-2H3. The van der Waals surface area contributed by atoms with Crippen molar-refractivity contribution in [1.82, 2.24) is 0 Å². The van der Waals surface area contributed by atoms with Gasteiger partial charge in [0.25, 0.3) is 0 Å². The second-order valence-corrected chi connectivity index (χ2v) is 3.40. The highest BCUT2D eigenvalue weighted by Crippen LogP contribution is 2.34. The van der Waals surface area contributed by atoms with Crippen molar-refractivity contribution in [3.05, 3.63) is 0 Å². The largest absolute Gasteiger partial charge is 0.393 e. The summed E-state index contributed by atoms with van der Waals surface area (Å²) in [5.74, 6) is 1.20. The fraction of sp³-hybridized carbons (Fsp3) is 1.00. The van der Waals surface area contributed by atoms with Crippen molar-refractivity contribution in [1.29, 1.82) is 0 Å². The van der Waals surface area contributed by atoms with Gasteiger partial charge in [-0.25, -0.2) is 0 Å². The summed E-state index contributed by atoms with van der Waals surface area (Å²) >= 11 is 0. The van der Waals surface area contributed by atoms with E-state index < -0.39 is 0 Å². The first-order valence-electron chi connectivity index (χ1n) is 4.47. The lowest BCUT2D eigenvalue weighted by Crippen LogP contribution is -2.19. The van der Waals surface area contributed by atoms with Crippen LogP contribution in [-0.2, 0) is 0 Å². The Balaban J connectivity index is 2.41. The summed E-state index contributed by atoms with van der Waals surface area (Å²) in [6.07, 6.45) is 4.80. The highest BCUT2D eigenvalue weighted by molar-refractivity contribution is 4.82. The third-order valence-electron chi connectivity index (χ3n) is 2.92. The van der Waals surface area contributed by atoms with Crippen molar-refractivity contribution < 1.29 is 5.11 Å². The van der Waals surface area contributed by atoms with Gasteiger partial charge in [-0.15, -0.1) is 0 Å². The Kier molecular flexibility index (Phi) is 2.72. The maximum atomic E-state index is 9.65. The van der Waals surface area contributed by atoms with Crippen LogP contribution in [0.25, 0.3) is 0 Å². The Labute approximate surface area is 63.4 Å². The molecular formula is C9H18O. The summed E-state index contributed by atoms with van der Waals surface area (Å²) in [6.45, 7) is 4.35. The smallest absolute Gasteiger partial charge is 0.0596 e. The third-order valence-corrected chi connectivity index (χ3v) is 2.92. The number of aliphatic hydroxyl groups excluding tert-OH is 1. The van der Waals surface area contributed by atoms with Crippen LogP contribution in [0.2, 0.25) is 0 Å². The molecule has 0 aliphatic heterocycles. The predicted octanol–water partition coefficient (Wildman–Crippen LogP) is 2.19. The first-order valence-corrected chi connectivity index (χ1v) is 4.47. The summed E-state index contributed by atoms with van der Waals surface area (Å²) in [6, 6.07) is 0. The lowest BCUT2D eigenvalue weighted by molar-refractivity contribution is 0.0878. The molecule has 0 amide bonds. The molecule has 60 valence electrons. The number of aliphatic hydroxyl groups is 1. The van der Waals surface area contributed by atoms with Gasteiger partial charge in [-0.3, -0.25) is 0 Å². The topological polar surface area (TPSA) is 20.2 Å². The van der Waals surface area contributed by atoms with Gasteiger partial charge >= 0.3 is 0 Å². The van der Waals surface area contributed by atoms with Crippen LogP contribution in [0.15, 0.2) is 0 Å². The Morgan fingerprint density at radius 3 is 1.70 bits per heavy atom. The molecule has 0 spiro atoms. The van der Waals surface area contributed by atoms with Gasteiger partial charge in [0.15, 0.2) is 0 Å². The van der Waals surface area contributed by atoms with E-state index in [0.29, 0.717) is 11.8 Å². The molecule has 0 aromatic heterocycles. The van der Waals surface area contributed by atoms with Gasteiger partial charge in [0.2, 0.25) is 0 Å². The monoisotopic (exact) mass is 142 g/mol. The minimum atomic E-state index is 0.00926. The minimum absolute atomic E-state index is 0.00926. The number of hydrogen-bond acceptors (Lipinski definition) is 1. The summed E-state index contributed by atoms with van der Waals surface area (Å²) < 4.78 is 0. The van der Waals surface area contributed by atoms with Crippen LogP contribution < -0.4 is 0 Å². The van der Waals surface area contributed by atoms with Crippen molar-refractivity contribution in [2.75, 3.05) is 0 Å². The van der Waals surface area contributed by atoms with Crippen LogP contribution >= 0.6 is 0 Å². The molecule has 1 N–H and O–H groups in total. The zero-order valence-electron chi connectivity index (χ0n) is 7.01. The van der Waals surface area contributed by atoms with Gasteiger partial charge in [-0.2, -0.15) is 0 Å². The Hall–Kier alpha value is -0.0400. The Morgan fingerprint density at radius 2 is 1.50 bits per heavy atom.